The predicted octanol–water partition coefficient (Wildman–Crippen LogP) is 3.58. The molecule has 148 valence electrons. The van der Waals surface area contributed by atoms with E-state index in [0.717, 1.165) is 5.56 Å². The van der Waals surface area contributed by atoms with E-state index in [1.165, 1.54) is 10.8 Å². The molecule has 0 aliphatic rings. The lowest BCUT2D eigenvalue weighted by molar-refractivity contribution is -0.0243. The summed E-state index contributed by atoms with van der Waals surface area (Å²) in [7, 11) is -1.93. The molecule has 1 atom stereocenters. The Hall–Kier alpha value is -1.96. The first-order valence-electron chi connectivity index (χ1n) is 9.12. The summed E-state index contributed by atoms with van der Waals surface area (Å²) in [4.78, 5) is 25.8. The Bertz CT molecular complexity index is 866. The van der Waals surface area contributed by atoms with Crippen LogP contribution in [0.3, 0.4) is 0 Å². The molecule has 2 aromatic rings. The van der Waals surface area contributed by atoms with Crippen molar-refractivity contribution in [3.05, 3.63) is 68.5 Å². The highest BCUT2D eigenvalue weighted by molar-refractivity contribution is 6.74. The Kier molecular flexibility index (Phi) is 6.62. The molecule has 0 saturated heterocycles. The Labute approximate surface area is 161 Å². The van der Waals surface area contributed by atoms with Gasteiger partial charge in [0.05, 0.1) is 6.61 Å². The molecule has 0 radical (unpaired) electrons. The van der Waals surface area contributed by atoms with Crippen molar-refractivity contribution in [2.24, 2.45) is 0 Å². The molecular weight excluding hydrogens is 360 g/mol. The van der Waals surface area contributed by atoms with Crippen LogP contribution >= 0.6 is 0 Å². The maximum absolute atomic E-state index is 12.0. The van der Waals surface area contributed by atoms with Crippen LogP contribution in [0, 0.1) is 6.92 Å². The maximum atomic E-state index is 12.0. The van der Waals surface area contributed by atoms with E-state index in [2.05, 4.69) is 38.8 Å². The molecule has 27 heavy (non-hydrogen) atoms. The summed E-state index contributed by atoms with van der Waals surface area (Å²) in [6, 6.07) is 9.83. The van der Waals surface area contributed by atoms with Gasteiger partial charge in [-0.05, 0) is 30.6 Å². The van der Waals surface area contributed by atoms with E-state index >= 15 is 0 Å². The Balaban J connectivity index is 2.18. The summed E-state index contributed by atoms with van der Waals surface area (Å²) in [5.41, 5.74) is 0.595. The molecule has 0 fully saturated rings. The van der Waals surface area contributed by atoms with Crippen LogP contribution in [0.2, 0.25) is 18.1 Å². The highest BCUT2D eigenvalue weighted by Crippen LogP contribution is 2.37. The number of hydrogen-bond donors (Lipinski definition) is 1. The average molecular weight is 391 g/mol. The summed E-state index contributed by atoms with van der Waals surface area (Å²) < 4.78 is 13.7. The summed E-state index contributed by atoms with van der Waals surface area (Å²) >= 11 is 0. The molecule has 1 N–H and O–H groups in total. The van der Waals surface area contributed by atoms with Crippen molar-refractivity contribution in [2.45, 2.75) is 58.7 Å². The molecule has 1 aromatic carbocycles. The second-order valence-corrected chi connectivity index (χ2v) is 13.1. The third-order valence-electron chi connectivity index (χ3n) is 5.18. The number of nitrogens with zero attached hydrogens (tertiary/aromatic N) is 1. The molecule has 1 heterocycles. The number of nitrogens with one attached hydrogen (secondary N) is 1. The molecule has 7 heteroatoms. The normalized spacial score (nSPS) is 13.6. The van der Waals surface area contributed by atoms with Gasteiger partial charge in [0.15, 0.2) is 8.32 Å². The summed E-state index contributed by atoms with van der Waals surface area (Å²) in [5.74, 6) is 0. The minimum Gasteiger partial charge on any atom is -0.414 e. The second kappa shape index (κ2) is 8.37. The van der Waals surface area contributed by atoms with Gasteiger partial charge < -0.3 is 9.16 Å². The number of aromatic nitrogens is 2. The van der Waals surface area contributed by atoms with Crippen LogP contribution in [0.15, 0.2) is 46.1 Å². The maximum Gasteiger partial charge on any atom is 0.330 e. The van der Waals surface area contributed by atoms with E-state index in [1.807, 2.05) is 30.3 Å². The highest BCUT2D eigenvalue weighted by atomic mass is 28.4. The minimum absolute atomic E-state index is 0.0386. The third-order valence-corrected chi connectivity index (χ3v) is 9.68. The predicted molar refractivity (Wildman–Crippen MR) is 109 cm³/mol. The zero-order chi connectivity index (χ0) is 20.2. The number of hydrogen-bond acceptors (Lipinski definition) is 4. The van der Waals surface area contributed by atoms with E-state index in [0.29, 0.717) is 12.2 Å². The fraction of sp³-hybridized carbons (Fsp3) is 0.500. The van der Waals surface area contributed by atoms with Crippen molar-refractivity contribution in [2.75, 3.05) is 6.61 Å². The zero-order valence-electron chi connectivity index (χ0n) is 17.0. The van der Waals surface area contributed by atoms with Crippen LogP contribution in [-0.2, 0) is 15.9 Å². The monoisotopic (exact) mass is 390 g/mol. The lowest BCUT2D eigenvalue weighted by Crippen LogP contribution is -2.42. The van der Waals surface area contributed by atoms with Crippen LogP contribution < -0.4 is 11.2 Å². The minimum atomic E-state index is -1.93. The van der Waals surface area contributed by atoms with E-state index < -0.39 is 14.0 Å². The van der Waals surface area contributed by atoms with Crippen molar-refractivity contribution in [1.82, 2.24) is 9.55 Å². The fourth-order valence-electron chi connectivity index (χ4n) is 2.29. The molecule has 0 aliphatic carbocycles. The first kappa shape index (κ1) is 21.3. The zero-order valence-corrected chi connectivity index (χ0v) is 18.0. The van der Waals surface area contributed by atoms with Crippen LogP contribution in [0.1, 0.15) is 38.0 Å². The number of aromatic amines is 1. The van der Waals surface area contributed by atoms with Crippen LogP contribution in [0.4, 0.5) is 0 Å². The van der Waals surface area contributed by atoms with Crippen molar-refractivity contribution < 1.29 is 9.16 Å². The molecule has 6 nitrogen and oxygen atoms in total. The van der Waals surface area contributed by atoms with Crippen molar-refractivity contribution in [3.63, 3.8) is 0 Å². The van der Waals surface area contributed by atoms with Gasteiger partial charge >= 0.3 is 5.69 Å². The first-order valence-corrected chi connectivity index (χ1v) is 12.0. The largest absolute Gasteiger partial charge is 0.414 e. The molecule has 0 bridgehead atoms. The molecule has 0 amide bonds. The Morgan fingerprint density at radius 3 is 2.37 bits per heavy atom. The molecule has 0 spiro atoms. The van der Waals surface area contributed by atoms with Crippen molar-refractivity contribution in [1.29, 1.82) is 0 Å². The fourth-order valence-corrected chi connectivity index (χ4v) is 3.29. The lowest BCUT2D eigenvalue weighted by Gasteiger charge is -2.37. The second-order valence-electron chi connectivity index (χ2n) is 8.31. The van der Waals surface area contributed by atoms with Crippen LogP contribution in [0.25, 0.3) is 0 Å². The van der Waals surface area contributed by atoms with Gasteiger partial charge in [-0.1, -0.05) is 51.1 Å². The quantitative estimate of drug-likeness (QED) is 0.734. The first-order chi connectivity index (χ1) is 12.5. The molecule has 2 rings (SSSR count). The Morgan fingerprint density at radius 2 is 1.78 bits per heavy atom. The SMILES string of the molecule is Cc1cn(COC(CO[Si](C)(C)C(C)(C)C)c2ccccc2)c(=O)[nH]c1=O. The molecule has 1 unspecified atom stereocenters. The van der Waals surface area contributed by atoms with Gasteiger partial charge in [0.2, 0.25) is 0 Å². The molecule has 0 aliphatic heterocycles. The van der Waals surface area contributed by atoms with E-state index in [-0.39, 0.29) is 23.4 Å². The van der Waals surface area contributed by atoms with Crippen LogP contribution in [0.5, 0.6) is 0 Å². The van der Waals surface area contributed by atoms with E-state index in [4.69, 9.17) is 9.16 Å². The number of ether oxygens (including phenoxy) is 1. The van der Waals surface area contributed by atoms with Gasteiger partial charge in [-0.15, -0.1) is 0 Å². The van der Waals surface area contributed by atoms with Gasteiger partial charge in [-0.25, -0.2) is 4.79 Å². The molecular formula is C20H30N2O4Si. The smallest absolute Gasteiger partial charge is 0.330 e. The van der Waals surface area contributed by atoms with Crippen molar-refractivity contribution >= 4 is 8.32 Å². The summed E-state index contributed by atoms with van der Waals surface area (Å²) in [6.07, 6.45) is 1.21. The molecule has 0 saturated carbocycles. The lowest BCUT2D eigenvalue weighted by atomic mass is 10.1. The third kappa shape index (κ3) is 5.51. The summed E-state index contributed by atoms with van der Waals surface area (Å²) in [5, 5.41) is 0.0984. The number of rotatable bonds is 7. The number of aryl methyl sites for hydroxylation is 1. The van der Waals surface area contributed by atoms with Gasteiger partial charge in [0.25, 0.3) is 5.56 Å². The standard InChI is InChI=1S/C20H30N2O4Si/c1-15-12-22(19(24)21-18(15)23)14-25-17(16-10-8-7-9-11-16)13-26-27(5,6)20(2,3)4/h7-12,17H,13-14H2,1-6H3,(H,21,23,24). The van der Waals surface area contributed by atoms with Crippen molar-refractivity contribution in [3.8, 4) is 0 Å². The van der Waals surface area contributed by atoms with Gasteiger partial charge in [0, 0.05) is 11.8 Å². The highest BCUT2D eigenvalue weighted by Gasteiger charge is 2.37. The van der Waals surface area contributed by atoms with Gasteiger partial charge in [-0.3, -0.25) is 14.3 Å². The Morgan fingerprint density at radius 1 is 1.15 bits per heavy atom. The van der Waals surface area contributed by atoms with Gasteiger partial charge in [0.1, 0.15) is 12.8 Å². The topological polar surface area (TPSA) is 73.3 Å². The summed E-state index contributed by atoms with van der Waals surface area (Å²) in [6.45, 7) is 13.1. The van der Waals surface area contributed by atoms with Gasteiger partial charge in [-0.2, -0.15) is 0 Å². The van der Waals surface area contributed by atoms with Crippen LogP contribution in [-0.4, -0.2) is 24.5 Å². The van der Waals surface area contributed by atoms with E-state index in [9.17, 15) is 9.59 Å². The number of H-pyrrole nitrogens is 1. The molecule has 1 aromatic heterocycles. The van der Waals surface area contributed by atoms with E-state index in [1.54, 1.807) is 6.92 Å². The number of benzene rings is 1. The average Bonchev–Trinajstić information content (AvgIpc) is 2.59.